The molecule has 0 radical (unpaired) electrons. The zero-order valence-corrected chi connectivity index (χ0v) is 19.5. The first-order valence-corrected chi connectivity index (χ1v) is 10.8. The zero-order valence-electron chi connectivity index (χ0n) is 18.8. The van der Waals surface area contributed by atoms with E-state index in [1.807, 2.05) is 12.1 Å². The first-order chi connectivity index (χ1) is 14.4. The van der Waals surface area contributed by atoms with Gasteiger partial charge in [-0.3, -0.25) is 9.59 Å². The van der Waals surface area contributed by atoms with Gasteiger partial charge in [0.1, 0.15) is 5.60 Å². The Morgan fingerprint density at radius 2 is 1.71 bits per heavy atom. The van der Waals surface area contributed by atoms with Crippen LogP contribution in [0.5, 0.6) is 0 Å². The van der Waals surface area contributed by atoms with Crippen LogP contribution >= 0.6 is 11.6 Å². The Labute approximate surface area is 189 Å². The molecule has 0 unspecified atom stereocenters. The van der Waals surface area contributed by atoms with E-state index in [1.54, 1.807) is 58.0 Å². The predicted octanol–water partition coefficient (Wildman–Crippen LogP) is 3.62. The van der Waals surface area contributed by atoms with E-state index in [0.29, 0.717) is 24.3 Å². The lowest BCUT2D eigenvalue weighted by Gasteiger charge is -2.37. The number of ether oxygens (including phenoxy) is 1. The van der Waals surface area contributed by atoms with Gasteiger partial charge in [-0.05, 0) is 63.8 Å². The van der Waals surface area contributed by atoms with Gasteiger partial charge >= 0.3 is 6.09 Å². The molecule has 1 fully saturated rings. The SMILES string of the molecule is CN(C)C(=O)[C@H]1CC[C@H](NC(=O)/C=C/c2ccc(Cl)cc2)[C@H](NC(=O)OC(C)(C)C)C1. The number of amides is 3. The van der Waals surface area contributed by atoms with Crippen LogP contribution in [-0.2, 0) is 14.3 Å². The Balaban J connectivity index is 2.06. The minimum absolute atomic E-state index is 0.0170. The maximum Gasteiger partial charge on any atom is 0.407 e. The van der Waals surface area contributed by atoms with E-state index in [4.69, 9.17) is 16.3 Å². The number of nitrogens with zero attached hydrogens (tertiary/aromatic N) is 1. The number of alkyl carbamates (subject to hydrolysis) is 1. The molecule has 31 heavy (non-hydrogen) atoms. The quantitative estimate of drug-likeness (QED) is 0.672. The molecule has 1 aliphatic rings. The number of nitrogens with one attached hydrogen (secondary N) is 2. The summed E-state index contributed by atoms with van der Waals surface area (Å²) in [6.07, 6.45) is 4.22. The van der Waals surface area contributed by atoms with Crippen molar-refractivity contribution < 1.29 is 19.1 Å². The summed E-state index contributed by atoms with van der Waals surface area (Å²) in [5.41, 5.74) is 0.209. The summed E-state index contributed by atoms with van der Waals surface area (Å²) in [6.45, 7) is 5.35. The van der Waals surface area contributed by atoms with Crippen molar-refractivity contribution in [3.8, 4) is 0 Å². The smallest absolute Gasteiger partial charge is 0.407 e. The van der Waals surface area contributed by atoms with Crippen LogP contribution < -0.4 is 10.6 Å². The van der Waals surface area contributed by atoms with Gasteiger partial charge in [0.15, 0.2) is 0 Å². The highest BCUT2D eigenvalue weighted by molar-refractivity contribution is 6.30. The Morgan fingerprint density at radius 1 is 1.06 bits per heavy atom. The van der Waals surface area contributed by atoms with Crippen molar-refractivity contribution in [2.45, 2.75) is 57.7 Å². The summed E-state index contributed by atoms with van der Waals surface area (Å²) >= 11 is 5.88. The van der Waals surface area contributed by atoms with Crippen LogP contribution in [0.2, 0.25) is 5.02 Å². The van der Waals surface area contributed by atoms with E-state index in [0.717, 1.165) is 5.56 Å². The monoisotopic (exact) mass is 449 g/mol. The highest BCUT2D eigenvalue weighted by Crippen LogP contribution is 2.27. The normalized spacial score (nSPS) is 21.4. The standard InChI is InChI=1S/C23H32ClN3O4/c1-23(2,3)31-22(30)26-19-14-16(21(29)27(4)5)9-12-18(19)25-20(28)13-8-15-6-10-17(24)11-7-15/h6-8,10-11,13,16,18-19H,9,12,14H2,1-5H3,(H,25,28)(H,26,30)/b13-8+/t16-,18-,19+/m0/s1. The minimum Gasteiger partial charge on any atom is -0.444 e. The fraction of sp³-hybridized carbons (Fsp3) is 0.522. The second kappa shape index (κ2) is 10.7. The van der Waals surface area contributed by atoms with Gasteiger partial charge in [0.05, 0.1) is 6.04 Å². The molecule has 0 heterocycles. The van der Waals surface area contributed by atoms with Crippen molar-refractivity contribution in [1.29, 1.82) is 0 Å². The molecule has 170 valence electrons. The lowest BCUT2D eigenvalue weighted by atomic mass is 9.81. The fourth-order valence-corrected chi connectivity index (χ4v) is 3.65. The van der Waals surface area contributed by atoms with Crippen LogP contribution in [-0.4, -0.2) is 54.6 Å². The molecule has 3 atom stereocenters. The van der Waals surface area contributed by atoms with E-state index in [1.165, 1.54) is 6.08 Å². The maximum absolute atomic E-state index is 12.5. The maximum atomic E-state index is 12.5. The molecule has 7 nitrogen and oxygen atoms in total. The Hall–Kier alpha value is -2.54. The van der Waals surface area contributed by atoms with Crippen molar-refractivity contribution >= 4 is 35.6 Å². The molecule has 0 spiro atoms. The first kappa shape index (κ1) is 24.7. The van der Waals surface area contributed by atoms with Crippen molar-refractivity contribution in [2.24, 2.45) is 5.92 Å². The summed E-state index contributed by atoms with van der Waals surface area (Å²) in [6, 6.07) is 6.42. The summed E-state index contributed by atoms with van der Waals surface area (Å²) in [7, 11) is 3.43. The van der Waals surface area contributed by atoms with Gasteiger partial charge in [-0.15, -0.1) is 0 Å². The van der Waals surface area contributed by atoms with Gasteiger partial charge in [-0.2, -0.15) is 0 Å². The highest BCUT2D eigenvalue weighted by Gasteiger charge is 2.36. The second-order valence-electron chi connectivity index (χ2n) is 9.00. The Bertz CT molecular complexity index is 815. The molecule has 8 heteroatoms. The molecule has 0 saturated heterocycles. The third kappa shape index (κ3) is 8.25. The number of hydrogen-bond acceptors (Lipinski definition) is 4. The molecule has 1 saturated carbocycles. The first-order valence-electron chi connectivity index (χ1n) is 10.4. The average molecular weight is 450 g/mol. The van der Waals surface area contributed by atoms with Crippen LogP contribution in [0.15, 0.2) is 30.3 Å². The molecular weight excluding hydrogens is 418 g/mol. The molecule has 1 aliphatic carbocycles. The van der Waals surface area contributed by atoms with E-state index >= 15 is 0 Å². The summed E-state index contributed by atoms with van der Waals surface area (Å²) < 4.78 is 5.37. The number of hydrogen-bond donors (Lipinski definition) is 2. The number of carbonyl (C=O) groups is 3. The summed E-state index contributed by atoms with van der Waals surface area (Å²) in [4.78, 5) is 38.8. The Morgan fingerprint density at radius 3 is 2.29 bits per heavy atom. The number of halogens is 1. The Kier molecular flexibility index (Phi) is 8.51. The number of benzene rings is 1. The lowest BCUT2D eigenvalue weighted by Crippen LogP contribution is -2.56. The minimum atomic E-state index is -0.641. The van der Waals surface area contributed by atoms with E-state index in [-0.39, 0.29) is 23.8 Å². The van der Waals surface area contributed by atoms with E-state index in [9.17, 15) is 14.4 Å². The number of rotatable bonds is 5. The van der Waals surface area contributed by atoms with Gasteiger partial charge in [0.2, 0.25) is 11.8 Å². The topological polar surface area (TPSA) is 87.7 Å². The zero-order chi connectivity index (χ0) is 23.2. The molecule has 0 bridgehead atoms. The van der Waals surface area contributed by atoms with E-state index in [2.05, 4.69) is 10.6 Å². The van der Waals surface area contributed by atoms with Crippen LogP contribution in [0.25, 0.3) is 6.08 Å². The second-order valence-corrected chi connectivity index (χ2v) is 9.43. The van der Waals surface area contributed by atoms with Gasteiger partial charge in [0.25, 0.3) is 0 Å². The third-order valence-corrected chi connectivity index (χ3v) is 5.22. The van der Waals surface area contributed by atoms with Crippen LogP contribution in [0.4, 0.5) is 4.79 Å². The van der Waals surface area contributed by atoms with Gasteiger partial charge in [0, 0.05) is 37.2 Å². The molecule has 2 rings (SSSR count). The predicted molar refractivity (Wildman–Crippen MR) is 122 cm³/mol. The largest absolute Gasteiger partial charge is 0.444 e. The third-order valence-electron chi connectivity index (χ3n) is 4.97. The average Bonchev–Trinajstić information content (AvgIpc) is 2.66. The van der Waals surface area contributed by atoms with Crippen molar-refractivity contribution in [2.75, 3.05) is 14.1 Å². The molecule has 3 amide bonds. The number of carbonyl (C=O) groups excluding carboxylic acids is 3. The van der Waals surface area contributed by atoms with Crippen molar-refractivity contribution in [3.63, 3.8) is 0 Å². The molecule has 0 aliphatic heterocycles. The van der Waals surface area contributed by atoms with Gasteiger partial charge in [-0.25, -0.2) is 4.79 Å². The molecule has 0 aromatic heterocycles. The van der Waals surface area contributed by atoms with Crippen LogP contribution in [0.3, 0.4) is 0 Å². The van der Waals surface area contributed by atoms with Gasteiger partial charge in [-0.1, -0.05) is 23.7 Å². The van der Waals surface area contributed by atoms with E-state index < -0.39 is 17.7 Å². The lowest BCUT2D eigenvalue weighted by molar-refractivity contribution is -0.134. The highest BCUT2D eigenvalue weighted by atomic mass is 35.5. The molecule has 2 N–H and O–H groups in total. The summed E-state index contributed by atoms with van der Waals surface area (Å²) in [5.74, 6) is -0.468. The van der Waals surface area contributed by atoms with Gasteiger partial charge < -0.3 is 20.3 Å². The van der Waals surface area contributed by atoms with Crippen LogP contribution in [0, 0.1) is 5.92 Å². The van der Waals surface area contributed by atoms with Crippen molar-refractivity contribution in [3.05, 3.63) is 40.9 Å². The molecule has 1 aromatic carbocycles. The van der Waals surface area contributed by atoms with Crippen molar-refractivity contribution in [1.82, 2.24) is 15.5 Å². The summed E-state index contributed by atoms with van der Waals surface area (Å²) in [5, 5.41) is 6.44. The molecular formula is C23H32ClN3O4. The molecule has 1 aromatic rings. The fourth-order valence-electron chi connectivity index (χ4n) is 3.53. The van der Waals surface area contributed by atoms with Crippen LogP contribution in [0.1, 0.15) is 45.6 Å².